The SMILES string of the molecule is CCNC(=NCc1c(O)ccc2c1CCCC2)NCCn1cccc1.I. The average molecular weight is 468 g/mol. The molecule has 3 N–H and O–H groups in total. The summed E-state index contributed by atoms with van der Waals surface area (Å²) in [5, 5.41) is 16.9. The van der Waals surface area contributed by atoms with Gasteiger partial charge in [-0.25, -0.2) is 4.99 Å². The zero-order valence-corrected chi connectivity index (χ0v) is 17.7. The van der Waals surface area contributed by atoms with E-state index in [2.05, 4.69) is 40.6 Å². The Morgan fingerprint density at radius 2 is 1.92 bits per heavy atom. The number of phenolic OH excluding ortho intramolecular Hbond substituents is 1. The highest BCUT2D eigenvalue weighted by molar-refractivity contribution is 14.0. The lowest BCUT2D eigenvalue weighted by atomic mass is 9.88. The second kappa shape index (κ2) is 10.4. The van der Waals surface area contributed by atoms with Gasteiger partial charge in [-0.3, -0.25) is 0 Å². The first-order valence-electron chi connectivity index (χ1n) is 9.23. The van der Waals surface area contributed by atoms with E-state index in [1.54, 1.807) is 0 Å². The molecule has 1 aromatic heterocycles. The van der Waals surface area contributed by atoms with E-state index in [0.717, 1.165) is 44.0 Å². The second-order valence-electron chi connectivity index (χ2n) is 6.45. The van der Waals surface area contributed by atoms with Gasteiger partial charge in [0.2, 0.25) is 0 Å². The van der Waals surface area contributed by atoms with Crippen molar-refractivity contribution in [2.75, 3.05) is 13.1 Å². The fourth-order valence-corrected chi connectivity index (χ4v) is 3.39. The Morgan fingerprint density at radius 3 is 2.69 bits per heavy atom. The van der Waals surface area contributed by atoms with Crippen LogP contribution in [-0.4, -0.2) is 28.7 Å². The largest absolute Gasteiger partial charge is 0.508 e. The third-order valence-corrected chi connectivity index (χ3v) is 4.69. The van der Waals surface area contributed by atoms with Crippen molar-refractivity contribution in [3.8, 4) is 5.75 Å². The molecule has 0 saturated carbocycles. The predicted octanol–water partition coefficient (Wildman–Crippen LogP) is 3.45. The molecule has 0 fully saturated rings. The highest BCUT2D eigenvalue weighted by atomic mass is 127. The number of phenols is 1. The third kappa shape index (κ3) is 5.40. The van der Waals surface area contributed by atoms with E-state index in [1.165, 1.54) is 24.0 Å². The van der Waals surface area contributed by atoms with Gasteiger partial charge < -0.3 is 20.3 Å². The lowest BCUT2D eigenvalue weighted by Gasteiger charge is -2.20. The van der Waals surface area contributed by atoms with Gasteiger partial charge in [-0.1, -0.05) is 6.07 Å². The number of aliphatic imine (C=N–C) groups is 1. The molecule has 1 aromatic carbocycles. The first kappa shape index (κ1) is 20.6. The summed E-state index contributed by atoms with van der Waals surface area (Å²) >= 11 is 0. The van der Waals surface area contributed by atoms with Crippen LogP contribution in [0.4, 0.5) is 0 Å². The molecule has 3 rings (SSSR count). The van der Waals surface area contributed by atoms with Gasteiger partial charge in [0, 0.05) is 37.6 Å². The third-order valence-electron chi connectivity index (χ3n) is 4.69. The molecule has 142 valence electrons. The van der Waals surface area contributed by atoms with Crippen molar-refractivity contribution < 1.29 is 5.11 Å². The van der Waals surface area contributed by atoms with E-state index in [0.29, 0.717) is 12.3 Å². The summed E-state index contributed by atoms with van der Waals surface area (Å²) in [4.78, 5) is 4.70. The zero-order chi connectivity index (χ0) is 17.5. The number of guanidine groups is 1. The minimum atomic E-state index is 0. The van der Waals surface area contributed by atoms with Crippen LogP contribution < -0.4 is 10.6 Å². The highest BCUT2D eigenvalue weighted by Gasteiger charge is 2.16. The average Bonchev–Trinajstić information content (AvgIpc) is 3.14. The summed E-state index contributed by atoms with van der Waals surface area (Å²) < 4.78 is 2.13. The van der Waals surface area contributed by atoms with Gasteiger partial charge >= 0.3 is 0 Å². The summed E-state index contributed by atoms with van der Waals surface area (Å²) in [5.41, 5.74) is 3.66. The van der Waals surface area contributed by atoms with Crippen LogP contribution in [0.1, 0.15) is 36.5 Å². The number of aryl methyl sites for hydroxylation is 1. The maximum Gasteiger partial charge on any atom is 0.191 e. The lowest BCUT2D eigenvalue weighted by Crippen LogP contribution is -2.38. The summed E-state index contributed by atoms with van der Waals surface area (Å²) in [6.07, 6.45) is 8.71. The molecule has 0 spiro atoms. The van der Waals surface area contributed by atoms with Gasteiger partial charge in [0.25, 0.3) is 0 Å². The number of hydrogen-bond acceptors (Lipinski definition) is 2. The molecule has 1 aliphatic rings. The summed E-state index contributed by atoms with van der Waals surface area (Å²) in [5.74, 6) is 1.16. The van der Waals surface area contributed by atoms with Gasteiger partial charge in [0.05, 0.1) is 6.54 Å². The highest BCUT2D eigenvalue weighted by Crippen LogP contribution is 2.30. The molecule has 0 aliphatic heterocycles. The van der Waals surface area contributed by atoms with Crippen molar-refractivity contribution in [2.24, 2.45) is 4.99 Å². The van der Waals surface area contributed by atoms with E-state index in [4.69, 9.17) is 4.99 Å². The standard InChI is InChI=1S/C20H28N4O.HI/c1-2-21-20(22-11-14-24-12-5-6-13-24)23-15-18-17-8-4-3-7-16(17)9-10-19(18)25;/h5-6,9-10,12-13,25H,2-4,7-8,11,14-15H2,1H3,(H2,21,22,23);1H. The molecule has 0 bridgehead atoms. The number of halogens is 1. The molecule has 26 heavy (non-hydrogen) atoms. The Labute approximate surface area is 172 Å². The quantitative estimate of drug-likeness (QED) is 0.346. The molecule has 6 heteroatoms. The van der Waals surface area contributed by atoms with Crippen LogP contribution in [0.5, 0.6) is 5.75 Å². The fourth-order valence-electron chi connectivity index (χ4n) is 3.39. The zero-order valence-electron chi connectivity index (χ0n) is 15.4. The van der Waals surface area contributed by atoms with Gasteiger partial charge in [-0.05, 0) is 61.9 Å². The van der Waals surface area contributed by atoms with Crippen LogP contribution in [-0.2, 0) is 25.9 Å². The summed E-state index contributed by atoms with van der Waals surface area (Å²) in [7, 11) is 0. The molecule has 0 atom stereocenters. The number of nitrogens with one attached hydrogen (secondary N) is 2. The van der Waals surface area contributed by atoms with E-state index >= 15 is 0 Å². The van der Waals surface area contributed by atoms with E-state index in [1.807, 2.05) is 18.2 Å². The van der Waals surface area contributed by atoms with Crippen molar-refractivity contribution in [2.45, 2.75) is 45.7 Å². The Kier molecular flexibility index (Phi) is 8.28. The van der Waals surface area contributed by atoms with Crippen molar-refractivity contribution >= 4 is 29.9 Å². The van der Waals surface area contributed by atoms with Crippen LogP contribution in [0.3, 0.4) is 0 Å². The van der Waals surface area contributed by atoms with Gasteiger partial charge in [0.1, 0.15) is 5.75 Å². The topological polar surface area (TPSA) is 61.6 Å². The van der Waals surface area contributed by atoms with Crippen LogP contribution in [0.15, 0.2) is 41.7 Å². The maximum absolute atomic E-state index is 10.3. The normalized spacial score (nSPS) is 13.7. The number of fused-ring (bicyclic) bond motifs is 1. The Morgan fingerprint density at radius 1 is 1.15 bits per heavy atom. The number of hydrogen-bond donors (Lipinski definition) is 3. The molecule has 5 nitrogen and oxygen atoms in total. The van der Waals surface area contributed by atoms with E-state index < -0.39 is 0 Å². The molecular formula is C20H29IN4O. The first-order valence-corrected chi connectivity index (χ1v) is 9.23. The van der Waals surface area contributed by atoms with Crippen molar-refractivity contribution in [1.82, 2.24) is 15.2 Å². The monoisotopic (exact) mass is 468 g/mol. The number of aromatic nitrogens is 1. The molecule has 0 amide bonds. The molecule has 1 aliphatic carbocycles. The summed E-state index contributed by atoms with van der Waals surface area (Å²) in [6, 6.07) is 7.94. The fraction of sp³-hybridized carbons (Fsp3) is 0.450. The lowest BCUT2D eigenvalue weighted by molar-refractivity contribution is 0.465. The van der Waals surface area contributed by atoms with Crippen molar-refractivity contribution in [3.05, 3.63) is 53.3 Å². The van der Waals surface area contributed by atoms with Gasteiger partial charge in [-0.15, -0.1) is 24.0 Å². The summed E-state index contributed by atoms with van der Waals surface area (Å²) in [6.45, 7) is 5.08. The smallest absolute Gasteiger partial charge is 0.191 e. The molecule has 1 heterocycles. The number of benzene rings is 1. The number of aromatic hydroxyl groups is 1. The van der Waals surface area contributed by atoms with Crippen LogP contribution in [0.2, 0.25) is 0 Å². The van der Waals surface area contributed by atoms with Crippen LogP contribution >= 0.6 is 24.0 Å². The van der Waals surface area contributed by atoms with Crippen molar-refractivity contribution in [3.63, 3.8) is 0 Å². The van der Waals surface area contributed by atoms with E-state index in [-0.39, 0.29) is 24.0 Å². The Hall–Kier alpha value is -1.70. The Balaban J connectivity index is 0.00000243. The maximum atomic E-state index is 10.3. The van der Waals surface area contributed by atoms with Gasteiger partial charge in [0.15, 0.2) is 5.96 Å². The van der Waals surface area contributed by atoms with Crippen molar-refractivity contribution in [1.29, 1.82) is 0 Å². The van der Waals surface area contributed by atoms with Crippen LogP contribution in [0.25, 0.3) is 0 Å². The molecule has 0 saturated heterocycles. The molecule has 0 unspecified atom stereocenters. The predicted molar refractivity (Wildman–Crippen MR) is 117 cm³/mol. The minimum Gasteiger partial charge on any atom is -0.508 e. The molecular weight excluding hydrogens is 439 g/mol. The van der Waals surface area contributed by atoms with Gasteiger partial charge in [-0.2, -0.15) is 0 Å². The Bertz CT molecular complexity index is 713. The number of rotatable bonds is 6. The molecule has 0 radical (unpaired) electrons. The first-order chi connectivity index (χ1) is 12.3. The van der Waals surface area contributed by atoms with Crippen LogP contribution in [0, 0.1) is 0 Å². The molecule has 2 aromatic rings. The number of nitrogens with zero attached hydrogens (tertiary/aromatic N) is 2. The minimum absolute atomic E-state index is 0. The second-order valence-corrected chi connectivity index (χ2v) is 6.45. The van der Waals surface area contributed by atoms with E-state index in [9.17, 15) is 5.11 Å².